The van der Waals surface area contributed by atoms with Crippen molar-refractivity contribution in [3.05, 3.63) is 0 Å². The third-order valence-corrected chi connectivity index (χ3v) is 5.18. The van der Waals surface area contributed by atoms with Crippen molar-refractivity contribution in [3.63, 3.8) is 0 Å². The number of ether oxygens (including phenoxy) is 1. The molecule has 3 heteroatoms. The first-order valence-corrected chi connectivity index (χ1v) is 7.40. The van der Waals surface area contributed by atoms with Crippen LogP contribution < -0.4 is 0 Å². The predicted molar refractivity (Wildman–Crippen MR) is 73.6 cm³/mol. The van der Waals surface area contributed by atoms with E-state index in [2.05, 4.69) is 25.8 Å². The van der Waals surface area contributed by atoms with Crippen LogP contribution >= 0.6 is 0 Å². The largest absolute Gasteiger partial charge is 0.393 e. The summed E-state index contributed by atoms with van der Waals surface area (Å²) < 4.78 is 5.40. The van der Waals surface area contributed by atoms with Crippen LogP contribution in [0.1, 0.15) is 46.0 Å². The van der Waals surface area contributed by atoms with Crippen LogP contribution in [0, 0.1) is 11.8 Å². The topological polar surface area (TPSA) is 32.7 Å². The van der Waals surface area contributed by atoms with Gasteiger partial charge in [-0.2, -0.15) is 0 Å². The van der Waals surface area contributed by atoms with Crippen LogP contribution in [0.3, 0.4) is 0 Å². The summed E-state index contributed by atoms with van der Waals surface area (Å²) in [7, 11) is 4.04. The van der Waals surface area contributed by atoms with Crippen molar-refractivity contribution in [2.75, 3.05) is 20.8 Å². The molecule has 0 spiro atoms. The van der Waals surface area contributed by atoms with Gasteiger partial charge in [0.2, 0.25) is 0 Å². The molecule has 2 aliphatic carbocycles. The van der Waals surface area contributed by atoms with Gasteiger partial charge in [0.25, 0.3) is 0 Å². The summed E-state index contributed by atoms with van der Waals surface area (Å²) in [5.41, 5.74) is 0.267. The quantitative estimate of drug-likeness (QED) is 0.818. The van der Waals surface area contributed by atoms with Crippen molar-refractivity contribution in [2.45, 2.75) is 63.6 Å². The van der Waals surface area contributed by atoms with Gasteiger partial charge in [0.15, 0.2) is 0 Å². The minimum absolute atomic E-state index is 0.106. The van der Waals surface area contributed by atoms with E-state index in [4.69, 9.17) is 4.74 Å². The van der Waals surface area contributed by atoms with Crippen molar-refractivity contribution >= 4 is 0 Å². The van der Waals surface area contributed by atoms with E-state index < -0.39 is 0 Å². The molecule has 3 nitrogen and oxygen atoms in total. The maximum Gasteiger partial charge on any atom is 0.0646 e. The zero-order chi connectivity index (χ0) is 13.3. The van der Waals surface area contributed by atoms with Crippen LogP contribution in [-0.2, 0) is 4.74 Å². The minimum atomic E-state index is -0.106. The molecule has 0 radical (unpaired) electrons. The van der Waals surface area contributed by atoms with Crippen LogP contribution in [0.4, 0.5) is 0 Å². The average Bonchev–Trinajstić information content (AvgIpc) is 3.09. The van der Waals surface area contributed by atoms with Gasteiger partial charge in [0, 0.05) is 18.7 Å². The lowest BCUT2D eigenvalue weighted by atomic mass is 9.75. The van der Waals surface area contributed by atoms with Gasteiger partial charge < -0.3 is 9.84 Å². The van der Waals surface area contributed by atoms with E-state index in [0.717, 1.165) is 25.9 Å². The highest BCUT2D eigenvalue weighted by molar-refractivity contribution is 5.06. The first-order chi connectivity index (χ1) is 8.50. The second kappa shape index (κ2) is 5.48. The molecular weight excluding hydrogens is 226 g/mol. The van der Waals surface area contributed by atoms with E-state index in [1.54, 1.807) is 7.11 Å². The smallest absolute Gasteiger partial charge is 0.0646 e. The molecule has 1 N–H and O–H groups in total. The Balaban J connectivity index is 2.07. The normalized spacial score (nSPS) is 35.2. The summed E-state index contributed by atoms with van der Waals surface area (Å²) in [6.45, 7) is 5.47. The fourth-order valence-corrected chi connectivity index (χ4v) is 3.74. The fraction of sp³-hybridized carbons (Fsp3) is 1.00. The summed E-state index contributed by atoms with van der Waals surface area (Å²) >= 11 is 0. The number of hydrogen-bond donors (Lipinski definition) is 1. The highest BCUT2D eigenvalue weighted by Gasteiger charge is 2.50. The second-order valence-corrected chi connectivity index (χ2v) is 6.71. The van der Waals surface area contributed by atoms with Crippen LogP contribution in [0.5, 0.6) is 0 Å². The lowest BCUT2D eigenvalue weighted by molar-refractivity contribution is -0.0189. The van der Waals surface area contributed by atoms with Gasteiger partial charge >= 0.3 is 0 Å². The Labute approximate surface area is 112 Å². The summed E-state index contributed by atoms with van der Waals surface area (Å²) in [5.74, 6) is 1.41. The molecule has 0 aromatic heterocycles. The molecule has 3 unspecified atom stereocenters. The van der Waals surface area contributed by atoms with Gasteiger partial charge in [-0.1, -0.05) is 13.8 Å². The van der Waals surface area contributed by atoms with E-state index in [0.29, 0.717) is 17.9 Å². The predicted octanol–water partition coefficient (Wildman–Crippen LogP) is 2.28. The molecule has 0 bridgehead atoms. The maximum atomic E-state index is 9.99. The highest BCUT2D eigenvalue weighted by atomic mass is 16.5. The van der Waals surface area contributed by atoms with Crippen LogP contribution in [-0.4, -0.2) is 48.5 Å². The van der Waals surface area contributed by atoms with E-state index in [1.165, 1.54) is 12.8 Å². The molecule has 0 heterocycles. The standard InChI is InChI=1S/C15H29NO2/c1-11(2)13-6-5-12(17)9-14(13)16(3)15(7-8-15)10-18-4/h11-14,17H,5-10H2,1-4H3. The van der Waals surface area contributed by atoms with Gasteiger partial charge in [-0.25, -0.2) is 0 Å². The minimum Gasteiger partial charge on any atom is -0.393 e. The Morgan fingerprint density at radius 1 is 1.33 bits per heavy atom. The highest BCUT2D eigenvalue weighted by Crippen LogP contribution is 2.46. The number of likely N-dealkylation sites (N-methyl/N-ethyl adjacent to an activating group) is 1. The first kappa shape index (κ1) is 14.3. The van der Waals surface area contributed by atoms with Crippen molar-refractivity contribution in [1.82, 2.24) is 4.90 Å². The summed E-state index contributed by atoms with van der Waals surface area (Å²) in [4.78, 5) is 2.53. The van der Waals surface area contributed by atoms with Gasteiger partial charge in [-0.3, -0.25) is 4.90 Å². The van der Waals surface area contributed by atoms with Crippen LogP contribution in [0.25, 0.3) is 0 Å². The number of nitrogens with zero attached hydrogens (tertiary/aromatic N) is 1. The molecule has 0 saturated heterocycles. The number of hydrogen-bond acceptors (Lipinski definition) is 3. The summed E-state index contributed by atoms with van der Waals surface area (Å²) in [6.07, 6.45) is 5.46. The summed E-state index contributed by atoms with van der Waals surface area (Å²) in [6, 6.07) is 0.520. The Morgan fingerprint density at radius 2 is 2.00 bits per heavy atom. The molecule has 0 aliphatic heterocycles. The molecule has 2 fully saturated rings. The second-order valence-electron chi connectivity index (χ2n) is 6.71. The van der Waals surface area contributed by atoms with E-state index >= 15 is 0 Å². The SMILES string of the molecule is COCC1(N(C)C2CC(O)CCC2C(C)C)CC1. The van der Waals surface area contributed by atoms with Gasteiger partial charge in [0.1, 0.15) is 0 Å². The number of aliphatic hydroxyl groups excluding tert-OH is 1. The Kier molecular flexibility index (Phi) is 4.35. The number of aliphatic hydroxyl groups is 1. The molecule has 3 atom stereocenters. The van der Waals surface area contributed by atoms with Crippen molar-refractivity contribution in [2.24, 2.45) is 11.8 Å². The van der Waals surface area contributed by atoms with Gasteiger partial charge in [-0.15, -0.1) is 0 Å². The Bertz CT molecular complexity index is 276. The first-order valence-electron chi connectivity index (χ1n) is 7.40. The Morgan fingerprint density at radius 3 is 2.50 bits per heavy atom. The maximum absolute atomic E-state index is 9.99. The molecule has 2 rings (SSSR count). The van der Waals surface area contributed by atoms with E-state index in [-0.39, 0.29) is 11.6 Å². The van der Waals surface area contributed by atoms with Crippen molar-refractivity contribution in [1.29, 1.82) is 0 Å². The Hall–Kier alpha value is -0.120. The zero-order valence-corrected chi connectivity index (χ0v) is 12.4. The third kappa shape index (κ3) is 2.73. The summed E-state index contributed by atoms with van der Waals surface area (Å²) in [5, 5.41) is 9.99. The fourth-order valence-electron chi connectivity index (χ4n) is 3.74. The average molecular weight is 255 g/mol. The molecule has 106 valence electrons. The van der Waals surface area contributed by atoms with Crippen molar-refractivity contribution < 1.29 is 9.84 Å². The molecule has 18 heavy (non-hydrogen) atoms. The lowest BCUT2D eigenvalue weighted by Gasteiger charge is -2.45. The molecule has 0 amide bonds. The van der Waals surface area contributed by atoms with Crippen molar-refractivity contribution in [3.8, 4) is 0 Å². The van der Waals surface area contributed by atoms with E-state index in [1.807, 2.05) is 0 Å². The molecule has 2 aliphatic rings. The van der Waals surface area contributed by atoms with Gasteiger partial charge in [-0.05, 0) is 51.0 Å². The molecule has 0 aromatic rings. The molecule has 2 saturated carbocycles. The van der Waals surface area contributed by atoms with Gasteiger partial charge in [0.05, 0.1) is 12.7 Å². The van der Waals surface area contributed by atoms with E-state index in [9.17, 15) is 5.11 Å². The number of methoxy groups -OCH3 is 1. The third-order valence-electron chi connectivity index (χ3n) is 5.18. The monoisotopic (exact) mass is 255 g/mol. The number of rotatable bonds is 5. The molecule has 0 aromatic carbocycles. The zero-order valence-electron chi connectivity index (χ0n) is 12.4. The molecular formula is C15H29NO2. The lowest BCUT2D eigenvalue weighted by Crippen LogP contribution is -2.52. The van der Waals surface area contributed by atoms with Crippen LogP contribution in [0.15, 0.2) is 0 Å². The van der Waals surface area contributed by atoms with Crippen LogP contribution in [0.2, 0.25) is 0 Å².